The summed E-state index contributed by atoms with van der Waals surface area (Å²) in [5, 5.41) is 2.67. The molecular weight excluding hydrogens is 300 g/mol. The van der Waals surface area contributed by atoms with Gasteiger partial charge in [-0.15, -0.1) is 0 Å². The summed E-state index contributed by atoms with van der Waals surface area (Å²) in [5.74, 6) is -0.594. The van der Waals surface area contributed by atoms with E-state index in [9.17, 15) is 14.4 Å². The largest absolute Gasteiger partial charge is 0.464 e. The number of nitrogens with one attached hydrogen (secondary N) is 1. The molecule has 0 aromatic carbocycles. The second-order valence-electron chi connectivity index (χ2n) is 7.25. The first-order valence-corrected chi connectivity index (χ1v) is 7.94. The molecule has 1 rings (SSSR count). The summed E-state index contributed by atoms with van der Waals surface area (Å²) >= 11 is 0. The number of ether oxygens (including phenoxy) is 2. The van der Waals surface area contributed by atoms with Gasteiger partial charge in [-0.1, -0.05) is 13.8 Å². The Kier molecular flexibility index (Phi) is 6.41. The van der Waals surface area contributed by atoms with Crippen LogP contribution in [-0.2, 0) is 19.1 Å². The van der Waals surface area contributed by atoms with Crippen LogP contribution in [0.5, 0.6) is 0 Å². The van der Waals surface area contributed by atoms with Crippen LogP contribution in [0.1, 0.15) is 47.5 Å². The highest BCUT2D eigenvalue weighted by atomic mass is 16.6. The van der Waals surface area contributed by atoms with Crippen LogP contribution in [0.4, 0.5) is 4.79 Å². The maximum atomic E-state index is 12.5. The molecule has 1 aliphatic heterocycles. The van der Waals surface area contributed by atoms with Crippen molar-refractivity contribution < 1.29 is 23.9 Å². The van der Waals surface area contributed by atoms with Crippen LogP contribution in [-0.4, -0.2) is 54.2 Å². The Morgan fingerprint density at radius 2 is 2.00 bits per heavy atom. The molecule has 0 spiro atoms. The number of carbonyl (C=O) groups excluding carboxylic acids is 3. The molecule has 23 heavy (non-hydrogen) atoms. The van der Waals surface area contributed by atoms with E-state index in [2.05, 4.69) is 5.32 Å². The molecule has 0 aromatic rings. The minimum absolute atomic E-state index is 0.200. The number of cyclic esters (lactones) is 1. The lowest BCUT2D eigenvalue weighted by Gasteiger charge is -2.31. The van der Waals surface area contributed by atoms with E-state index < -0.39 is 29.7 Å². The van der Waals surface area contributed by atoms with E-state index in [-0.39, 0.29) is 11.8 Å². The molecule has 1 aliphatic rings. The Balaban J connectivity index is 2.79. The first-order valence-electron chi connectivity index (χ1n) is 7.94. The van der Waals surface area contributed by atoms with Gasteiger partial charge in [0.1, 0.15) is 17.7 Å². The molecule has 0 aromatic heterocycles. The maximum absolute atomic E-state index is 12.5. The van der Waals surface area contributed by atoms with Crippen molar-refractivity contribution >= 4 is 18.0 Å². The van der Waals surface area contributed by atoms with Gasteiger partial charge in [-0.25, -0.2) is 9.59 Å². The molecule has 2 amide bonds. The number of rotatable bonds is 5. The normalized spacial score (nSPS) is 19.3. The molecular formula is C16H28N2O5. The van der Waals surface area contributed by atoms with Crippen molar-refractivity contribution in [3.63, 3.8) is 0 Å². The van der Waals surface area contributed by atoms with Gasteiger partial charge < -0.3 is 14.8 Å². The fourth-order valence-electron chi connectivity index (χ4n) is 2.24. The van der Waals surface area contributed by atoms with Gasteiger partial charge in [0.2, 0.25) is 5.91 Å². The molecule has 1 fully saturated rings. The van der Waals surface area contributed by atoms with E-state index in [0.29, 0.717) is 19.4 Å². The Labute approximate surface area is 137 Å². The number of likely N-dealkylation sites (N-methyl/N-ethyl adjacent to an activating group) is 1. The first kappa shape index (κ1) is 19.3. The van der Waals surface area contributed by atoms with Gasteiger partial charge >= 0.3 is 12.1 Å². The Bertz CT molecular complexity index is 456. The van der Waals surface area contributed by atoms with Crippen molar-refractivity contribution in [1.29, 1.82) is 0 Å². The van der Waals surface area contributed by atoms with E-state index in [1.54, 1.807) is 20.8 Å². The van der Waals surface area contributed by atoms with Crippen LogP contribution in [0.15, 0.2) is 0 Å². The molecule has 0 saturated carbocycles. The van der Waals surface area contributed by atoms with Crippen molar-refractivity contribution in [2.75, 3.05) is 13.7 Å². The van der Waals surface area contributed by atoms with E-state index in [4.69, 9.17) is 9.47 Å². The van der Waals surface area contributed by atoms with Gasteiger partial charge in [0.25, 0.3) is 0 Å². The molecule has 1 N–H and O–H groups in total. The highest BCUT2D eigenvalue weighted by Crippen LogP contribution is 2.16. The minimum atomic E-state index is -0.696. The molecule has 2 atom stereocenters. The second kappa shape index (κ2) is 7.66. The third-order valence-electron chi connectivity index (χ3n) is 3.40. The molecule has 0 radical (unpaired) electrons. The third-order valence-corrected chi connectivity index (χ3v) is 3.40. The average molecular weight is 328 g/mol. The van der Waals surface area contributed by atoms with Gasteiger partial charge in [0.05, 0.1) is 6.61 Å². The number of carbonyl (C=O) groups is 3. The molecule has 7 nitrogen and oxygen atoms in total. The van der Waals surface area contributed by atoms with E-state index in [0.717, 1.165) is 0 Å². The van der Waals surface area contributed by atoms with Gasteiger partial charge in [0, 0.05) is 13.5 Å². The zero-order valence-electron chi connectivity index (χ0n) is 14.8. The molecule has 7 heteroatoms. The molecule has 0 aliphatic carbocycles. The zero-order valence-corrected chi connectivity index (χ0v) is 14.8. The minimum Gasteiger partial charge on any atom is -0.464 e. The predicted octanol–water partition coefficient (Wildman–Crippen LogP) is 1.70. The van der Waals surface area contributed by atoms with Gasteiger partial charge in [-0.05, 0) is 33.1 Å². The van der Waals surface area contributed by atoms with Crippen LogP contribution in [0.3, 0.4) is 0 Å². The lowest BCUT2D eigenvalue weighted by Crippen LogP contribution is -2.52. The smallest absolute Gasteiger partial charge is 0.410 e. The van der Waals surface area contributed by atoms with E-state index in [1.165, 1.54) is 11.9 Å². The van der Waals surface area contributed by atoms with Crippen molar-refractivity contribution in [3.05, 3.63) is 0 Å². The van der Waals surface area contributed by atoms with Crippen LogP contribution < -0.4 is 5.32 Å². The fraction of sp³-hybridized carbons (Fsp3) is 0.812. The summed E-state index contributed by atoms with van der Waals surface area (Å²) in [7, 11) is 1.54. The molecule has 1 unspecified atom stereocenters. The lowest BCUT2D eigenvalue weighted by atomic mass is 10.0. The number of hydrogen-bond acceptors (Lipinski definition) is 5. The highest BCUT2D eigenvalue weighted by molar-refractivity contribution is 5.90. The summed E-state index contributed by atoms with van der Waals surface area (Å²) in [6.07, 6.45) is 0.366. The van der Waals surface area contributed by atoms with E-state index in [1.807, 2.05) is 13.8 Å². The Morgan fingerprint density at radius 3 is 2.43 bits per heavy atom. The zero-order chi connectivity index (χ0) is 17.8. The summed E-state index contributed by atoms with van der Waals surface area (Å²) in [5.41, 5.74) is -0.639. The molecule has 1 saturated heterocycles. The number of nitrogens with zero attached hydrogens (tertiary/aromatic N) is 1. The van der Waals surface area contributed by atoms with Crippen molar-refractivity contribution in [2.45, 2.75) is 65.1 Å². The van der Waals surface area contributed by atoms with Crippen LogP contribution in [0.2, 0.25) is 0 Å². The van der Waals surface area contributed by atoms with Crippen LogP contribution in [0, 0.1) is 5.92 Å². The average Bonchev–Trinajstić information content (AvgIpc) is 2.78. The standard InChI is InChI=1S/C16H28N2O5/c1-10(2)9-12(18(6)15(21)23-16(3,4)5)13(19)17-11-7-8-22-14(11)20/h10-12H,7-9H2,1-6H3,(H,17,19)/t11-,12?/m1/s1. The van der Waals surface area contributed by atoms with Crippen LogP contribution in [0.25, 0.3) is 0 Å². The topological polar surface area (TPSA) is 84.9 Å². The molecule has 1 heterocycles. The Hall–Kier alpha value is -1.79. The SMILES string of the molecule is CC(C)CC(C(=O)N[C@@H]1CCOC1=O)N(C)C(=O)OC(C)(C)C. The maximum Gasteiger partial charge on any atom is 0.410 e. The summed E-state index contributed by atoms with van der Waals surface area (Å²) < 4.78 is 10.2. The quantitative estimate of drug-likeness (QED) is 0.777. The van der Waals surface area contributed by atoms with Crippen molar-refractivity contribution in [2.24, 2.45) is 5.92 Å². The van der Waals surface area contributed by atoms with Gasteiger partial charge in [0.15, 0.2) is 0 Å². The second-order valence-corrected chi connectivity index (χ2v) is 7.25. The van der Waals surface area contributed by atoms with Crippen molar-refractivity contribution in [3.8, 4) is 0 Å². The molecule has 132 valence electrons. The third kappa shape index (κ3) is 6.08. The number of hydrogen-bond donors (Lipinski definition) is 1. The van der Waals surface area contributed by atoms with Crippen molar-refractivity contribution in [1.82, 2.24) is 10.2 Å². The predicted molar refractivity (Wildman–Crippen MR) is 84.7 cm³/mol. The highest BCUT2D eigenvalue weighted by Gasteiger charge is 2.35. The van der Waals surface area contributed by atoms with Gasteiger partial charge in [-0.2, -0.15) is 0 Å². The fourth-order valence-corrected chi connectivity index (χ4v) is 2.24. The summed E-state index contributed by atoms with van der Waals surface area (Å²) in [4.78, 5) is 37.5. The Morgan fingerprint density at radius 1 is 1.39 bits per heavy atom. The van der Waals surface area contributed by atoms with E-state index >= 15 is 0 Å². The summed E-state index contributed by atoms with van der Waals surface area (Å²) in [6.45, 7) is 9.54. The van der Waals surface area contributed by atoms with Gasteiger partial charge in [-0.3, -0.25) is 9.69 Å². The lowest BCUT2D eigenvalue weighted by molar-refractivity contribution is -0.142. The van der Waals surface area contributed by atoms with Crippen LogP contribution >= 0.6 is 0 Å². The molecule has 0 bridgehead atoms. The number of esters is 1. The first-order chi connectivity index (χ1) is 10.5. The summed E-state index contributed by atoms with van der Waals surface area (Å²) in [6, 6.07) is -1.33. The number of amides is 2. The monoisotopic (exact) mass is 328 g/mol.